The molecule has 2 aliphatic rings. The van der Waals surface area contributed by atoms with Crippen LogP contribution in [0.3, 0.4) is 0 Å². The molecule has 0 amide bonds. The van der Waals surface area contributed by atoms with Crippen LogP contribution in [0.25, 0.3) is 0 Å². The van der Waals surface area contributed by atoms with Gasteiger partial charge < -0.3 is 10.2 Å². The fraction of sp³-hybridized carbons (Fsp3) is 0.600. The van der Waals surface area contributed by atoms with Gasteiger partial charge in [0.25, 0.3) is 0 Å². The van der Waals surface area contributed by atoms with Crippen molar-refractivity contribution in [2.45, 2.75) is 31.2 Å². The van der Waals surface area contributed by atoms with Crippen LogP contribution in [-0.2, 0) is 6.42 Å². The first-order valence-corrected chi connectivity index (χ1v) is 6.82. The van der Waals surface area contributed by atoms with Gasteiger partial charge >= 0.3 is 0 Å². The molecular formula is C15H22N2. The quantitative estimate of drug-likeness (QED) is 0.854. The van der Waals surface area contributed by atoms with Crippen molar-refractivity contribution in [1.82, 2.24) is 10.2 Å². The summed E-state index contributed by atoms with van der Waals surface area (Å²) in [5.74, 6) is 0.776. The Balaban J connectivity index is 1.73. The molecule has 2 saturated heterocycles. The first-order valence-electron chi connectivity index (χ1n) is 6.82. The molecule has 2 heterocycles. The van der Waals surface area contributed by atoms with E-state index in [1.165, 1.54) is 38.9 Å². The number of likely N-dealkylation sites (N-methyl/N-ethyl adjacent to an activating group) is 1. The summed E-state index contributed by atoms with van der Waals surface area (Å²) in [5, 5.41) is 3.61. The van der Waals surface area contributed by atoms with E-state index < -0.39 is 0 Å². The molecular weight excluding hydrogens is 208 g/mol. The average molecular weight is 230 g/mol. The Hall–Kier alpha value is -0.860. The smallest absolute Gasteiger partial charge is 0.0108 e. The maximum atomic E-state index is 3.61. The van der Waals surface area contributed by atoms with Gasteiger partial charge in [0.2, 0.25) is 0 Å². The van der Waals surface area contributed by atoms with Crippen LogP contribution in [0.5, 0.6) is 0 Å². The summed E-state index contributed by atoms with van der Waals surface area (Å²) in [5.41, 5.74) is 3.17. The molecule has 0 bridgehead atoms. The first-order chi connectivity index (χ1) is 8.33. The summed E-state index contributed by atoms with van der Waals surface area (Å²) in [4.78, 5) is 2.40. The molecule has 1 unspecified atom stereocenters. The van der Waals surface area contributed by atoms with E-state index in [1.807, 2.05) is 0 Å². The summed E-state index contributed by atoms with van der Waals surface area (Å²) in [6.07, 6.45) is 3.91. The van der Waals surface area contributed by atoms with Gasteiger partial charge in [-0.15, -0.1) is 0 Å². The van der Waals surface area contributed by atoms with E-state index in [4.69, 9.17) is 0 Å². The van der Waals surface area contributed by atoms with Gasteiger partial charge in [0.1, 0.15) is 0 Å². The van der Waals surface area contributed by atoms with Gasteiger partial charge in [-0.25, -0.2) is 0 Å². The van der Waals surface area contributed by atoms with Crippen molar-refractivity contribution in [3.05, 3.63) is 35.4 Å². The van der Waals surface area contributed by atoms with E-state index in [1.54, 1.807) is 11.1 Å². The Kier molecular flexibility index (Phi) is 3.17. The van der Waals surface area contributed by atoms with Crippen molar-refractivity contribution in [2.75, 3.05) is 26.7 Å². The summed E-state index contributed by atoms with van der Waals surface area (Å²) in [7, 11) is 2.21. The number of benzene rings is 1. The van der Waals surface area contributed by atoms with Gasteiger partial charge in [0.05, 0.1) is 0 Å². The fourth-order valence-electron chi connectivity index (χ4n) is 3.21. The van der Waals surface area contributed by atoms with E-state index in [-0.39, 0.29) is 0 Å². The highest BCUT2D eigenvalue weighted by atomic mass is 15.2. The van der Waals surface area contributed by atoms with Crippen molar-refractivity contribution >= 4 is 0 Å². The zero-order valence-corrected chi connectivity index (χ0v) is 10.7. The lowest BCUT2D eigenvalue weighted by Gasteiger charge is -2.37. The molecule has 1 atom stereocenters. The van der Waals surface area contributed by atoms with Crippen molar-refractivity contribution in [3.63, 3.8) is 0 Å². The standard InChI is InChI=1S/C15H22N2/c1-17-10-13(11-17)15-7-3-2-5-12(15)9-14-6-4-8-16-14/h2-3,5,7,13-14,16H,4,6,8-11H2,1H3. The average Bonchev–Trinajstić information content (AvgIpc) is 2.79. The highest BCUT2D eigenvalue weighted by Gasteiger charge is 2.27. The van der Waals surface area contributed by atoms with Crippen LogP contribution in [-0.4, -0.2) is 37.6 Å². The SMILES string of the molecule is CN1CC(c2ccccc2CC2CCCN2)C1. The van der Waals surface area contributed by atoms with Gasteiger partial charge in [-0.05, 0) is 44.0 Å². The number of hydrogen-bond acceptors (Lipinski definition) is 2. The third-order valence-corrected chi connectivity index (χ3v) is 4.19. The van der Waals surface area contributed by atoms with Gasteiger partial charge in [-0.2, -0.15) is 0 Å². The zero-order chi connectivity index (χ0) is 11.7. The molecule has 17 heavy (non-hydrogen) atoms. The highest BCUT2D eigenvalue weighted by Crippen LogP contribution is 2.29. The van der Waals surface area contributed by atoms with Crippen molar-refractivity contribution < 1.29 is 0 Å². The largest absolute Gasteiger partial charge is 0.314 e. The lowest BCUT2D eigenvalue weighted by atomic mass is 9.86. The van der Waals surface area contributed by atoms with E-state index >= 15 is 0 Å². The second-order valence-electron chi connectivity index (χ2n) is 5.61. The predicted octanol–water partition coefficient (Wildman–Crippen LogP) is 2.01. The molecule has 0 spiro atoms. The lowest BCUT2D eigenvalue weighted by molar-refractivity contribution is 0.189. The van der Waals surface area contributed by atoms with Gasteiger partial charge in [-0.3, -0.25) is 0 Å². The number of hydrogen-bond donors (Lipinski definition) is 1. The molecule has 0 saturated carbocycles. The Bertz CT molecular complexity index is 376. The number of nitrogens with zero attached hydrogens (tertiary/aromatic N) is 1. The molecule has 2 fully saturated rings. The minimum atomic E-state index is 0.717. The van der Waals surface area contributed by atoms with Crippen LogP contribution < -0.4 is 5.32 Å². The molecule has 92 valence electrons. The highest BCUT2D eigenvalue weighted by molar-refractivity contribution is 5.33. The van der Waals surface area contributed by atoms with Crippen molar-refractivity contribution in [1.29, 1.82) is 0 Å². The Morgan fingerprint density at radius 1 is 1.29 bits per heavy atom. The summed E-state index contributed by atoms with van der Waals surface area (Å²) in [6, 6.07) is 9.76. The third kappa shape index (κ3) is 2.38. The van der Waals surface area contributed by atoms with Crippen LogP contribution >= 0.6 is 0 Å². The summed E-state index contributed by atoms with van der Waals surface area (Å²) in [6.45, 7) is 3.67. The second-order valence-corrected chi connectivity index (χ2v) is 5.61. The molecule has 0 aromatic heterocycles. The van der Waals surface area contributed by atoms with E-state index in [0.717, 1.165) is 5.92 Å². The van der Waals surface area contributed by atoms with E-state index in [9.17, 15) is 0 Å². The first kappa shape index (κ1) is 11.2. The fourth-order valence-corrected chi connectivity index (χ4v) is 3.21. The maximum Gasteiger partial charge on any atom is 0.0108 e. The zero-order valence-electron chi connectivity index (χ0n) is 10.7. The molecule has 3 rings (SSSR count). The minimum Gasteiger partial charge on any atom is -0.314 e. The second kappa shape index (κ2) is 4.79. The van der Waals surface area contributed by atoms with Crippen LogP contribution in [0.15, 0.2) is 24.3 Å². The molecule has 2 nitrogen and oxygen atoms in total. The lowest BCUT2D eigenvalue weighted by Crippen LogP contribution is -2.42. The number of likely N-dealkylation sites (tertiary alicyclic amines) is 1. The third-order valence-electron chi connectivity index (χ3n) is 4.19. The molecule has 1 aromatic rings. The number of nitrogens with one attached hydrogen (secondary N) is 1. The minimum absolute atomic E-state index is 0.717. The Labute approximate surface area is 104 Å². The predicted molar refractivity (Wildman–Crippen MR) is 71.4 cm³/mol. The topological polar surface area (TPSA) is 15.3 Å². The van der Waals surface area contributed by atoms with Crippen LogP contribution in [0.1, 0.15) is 29.9 Å². The van der Waals surface area contributed by atoms with Gasteiger partial charge in [0.15, 0.2) is 0 Å². The monoisotopic (exact) mass is 230 g/mol. The molecule has 1 aromatic carbocycles. The van der Waals surface area contributed by atoms with Gasteiger partial charge in [0, 0.05) is 25.0 Å². The molecule has 0 radical (unpaired) electrons. The maximum absolute atomic E-state index is 3.61. The summed E-state index contributed by atoms with van der Waals surface area (Å²) >= 11 is 0. The van der Waals surface area contributed by atoms with Crippen molar-refractivity contribution in [3.8, 4) is 0 Å². The van der Waals surface area contributed by atoms with Gasteiger partial charge in [-0.1, -0.05) is 24.3 Å². The Morgan fingerprint density at radius 3 is 2.82 bits per heavy atom. The Morgan fingerprint density at radius 2 is 2.12 bits per heavy atom. The van der Waals surface area contributed by atoms with E-state index in [2.05, 4.69) is 41.5 Å². The van der Waals surface area contributed by atoms with Crippen LogP contribution in [0.4, 0.5) is 0 Å². The molecule has 2 aliphatic heterocycles. The van der Waals surface area contributed by atoms with Crippen molar-refractivity contribution in [2.24, 2.45) is 0 Å². The molecule has 1 N–H and O–H groups in total. The van der Waals surface area contributed by atoms with Crippen LogP contribution in [0.2, 0.25) is 0 Å². The molecule has 2 heteroatoms. The number of rotatable bonds is 3. The normalized spacial score (nSPS) is 26.1. The summed E-state index contributed by atoms with van der Waals surface area (Å²) < 4.78 is 0. The van der Waals surface area contributed by atoms with Crippen LogP contribution in [0, 0.1) is 0 Å². The van der Waals surface area contributed by atoms with E-state index in [0.29, 0.717) is 6.04 Å². The molecule has 0 aliphatic carbocycles.